The van der Waals surface area contributed by atoms with E-state index in [1.807, 2.05) is 28.7 Å². The largest absolute Gasteiger partial charge is 0.379 e. The summed E-state index contributed by atoms with van der Waals surface area (Å²) in [5.74, 6) is -0.413. The van der Waals surface area contributed by atoms with E-state index in [0.29, 0.717) is 36.7 Å². The second-order valence-electron chi connectivity index (χ2n) is 8.36. The highest BCUT2D eigenvalue weighted by Crippen LogP contribution is 2.26. The van der Waals surface area contributed by atoms with Gasteiger partial charge in [-0.3, -0.25) is 14.5 Å². The van der Waals surface area contributed by atoms with Gasteiger partial charge in [-0.05, 0) is 41.5 Å². The molecule has 0 saturated carbocycles. The summed E-state index contributed by atoms with van der Waals surface area (Å²) in [4.78, 5) is 28.7. The van der Waals surface area contributed by atoms with Crippen LogP contribution in [0.1, 0.15) is 27.2 Å². The first-order chi connectivity index (χ1) is 16.0. The van der Waals surface area contributed by atoms with Crippen LogP contribution in [0, 0.1) is 0 Å². The topological polar surface area (TPSA) is 89.1 Å². The zero-order chi connectivity index (χ0) is 22.9. The Bertz CT molecular complexity index is 1360. The number of halogens is 1. The minimum absolute atomic E-state index is 0.104. The van der Waals surface area contributed by atoms with Gasteiger partial charge in [-0.25, -0.2) is 0 Å². The number of carbonyl (C=O) groups is 1. The van der Waals surface area contributed by atoms with Crippen molar-refractivity contribution in [2.75, 3.05) is 26.3 Å². The minimum Gasteiger partial charge on any atom is -0.379 e. The summed E-state index contributed by atoms with van der Waals surface area (Å²) in [6.07, 6.45) is 1.61. The third-order valence-corrected chi connectivity index (χ3v) is 6.40. The predicted molar refractivity (Wildman–Crippen MR) is 129 cm³/mol. The number of aromatic nitrogens is 1. The van der Waals surface area contributed by atoms with E-state index in [-0.39, 0.29) is 11.0 Å². The molecule has 7 nitrogen and oxygen atoms in total. The molecule has 5 rings (SSSR count). The van der Waals surface area contributed by atoms with Gasteiger partial charge in [0.05, 0.1) is 18.7 Å². The normalized spacial score (nSPS) is 14.8. The number of ether oxygens (including phenoxy) is 1. The standard InChI is InChI=1S/C25H25ClN4O3/c26-19-3-1-16(2-4-19)13-28-25(32)22-15-30-20(12-27)11-18-9-17(10-21(23(18)30)24(22)31)14-29-5-7-33-8-6-29/h1-4,9-11,15H,5-8,12-14,27H2,(H,28,32). The molecule has 0 unspecified atom stereocenters. The second-order valence-corrected chi connectivity index (χ2v) is 8.80. The maximum absolute atomic E-state index is 13.4. The van der Waals surface area contributed by atoms with E-state index >= 15 is 0 Å². The smallest absolute Gasteiger partial charge is 0.257 e. The van der Waals surface area contributed by atoms with Crippen molar-refractivity contribution in [2.24, 2.45) is 5.73 Å². The molecule has 0 spiro atoms. The number of nitrogens with one attached hydrogen (secondary N) is 1. The van der Waals surface area contributed by atoms with Crippen LogP contribution in [-0.4, -0.2) is 41.5 Å². The fourth-order valence-corrected chi connectivity index (χ4v) is 4.58. The average Bonchev–Trinajstić information content (AvgIpc) is 3.19. The number of hydrogen-bond donors (Lipinski definition) is 2. The quantitative estimate of drug-likeness (QED) is 0.458. The van der Waals surface area contributed by atoms with Crippen molar-refractivity contribution in [1.82, 2.24) is 14.6 Å². The first-order valence-electron chi connectivity index (χ1n) is 11.0. The predicted octanol–water partition coefficient (Wildman–Crippen LogP) is 2.76. The lowest BCUT2D eigenvalue weighted by Gasteiger charge is -2.26. The van der Waals surface area contributed by atoms with Crippen molar-refractivity contribution in [1.29, 1.82) is 0 Å². The van der Waals surface area contributed by atoms with Gasteiger partial charge in [-0.15, -0.1) is 0 Å². The Balaban J connectivity index is 1.52. The van der Waals surface area contributed by atoms with E-state index in [9.17, 15) is 9.59 Å². The van der Waals surface area contributed by atoms with Gasteiger partial charge in [0.2, 0.25) is 5.43 Å². The number of amides is 1. The van der Waals surface area contributed by atoms with Gasteiger partial charge in [0.25, 0.3) is 5.91 Å². The number of hydrogen-bond acceptors (Lipinski definition) is 5. The first kappa shape index (κ1) is 21.9. The molecule has 4 aromatic rings. The van der Waals surface area contributed by atoms with E-state index < -0.39 is 5.91 Å². The van der Waals surface area contributed by atoms with Gasteiger partial charge in [0, 0.05) is 60.4 Å². The molecule has 170 valence electrons. The molecule has 1 aliphatic rings. The Hall–Kier alpha value is -2.97. The SMILES string of the molecule is NCc1cc2cc(CN3CCOCC3)cc3c(=O)c(C(=O)NCc4ccc(Cl)cc4)cn1c23. The summed E-state index contributed by atoms with van der Waals surface area (Å²) in [5, 5.41) is 4.98. The van der Waals surface area contributed by atoms with Crippen LogP contribution in [-0.2, 0) is 24.4 Å². The first-order valence-corrected chi connectivity index (χ1v) is 11.4. The molecular weight excluding hydrogens is 440 g/mol. The zero-order valence-corrected chi connectivity index (χ0v) is 18.9. The van der Waals surface area contributed by atoms with E-state index in [2.05, 4.69) is 16.3 Å². The van der Waals surface area contributed by atoms with E-state index in [1.165, 1.54) is 0 Å². The molecule has 0 aliphatic carbocycles. The maximum Gasteiger partial charge on any atom is 0.257 e. The molecule has 8 heteroatoms. The fraction of sp³-hybridized carbons (Fsp3) is 0.280. The van der Waals surface area contributed by atoms with Gasteiger partial charge < -0.3 is 20.2 Å². The highest BCUT2D eigenvalue weighted by molar-refractivity contribution is 6.30. The molecule has 0 atom stereocenters. The Morgan fingerprint density at radius 3 is 2.58 bits per heavy atom. The van der Waals surface area contributed by atoms with Gasteiger partial charge in [-0.1, -0.05) is 23.7 Å². The van der Waals surface area contributed by atoms with Crippen molar-refractivity contribution in [3.05, 3.63) is 86.3 Å². The number of morpholine rings is 1. The van der Waals surface area contributed by atoms with Gasteiger partial charge in [-0.2, -0.15) is 0 Å². The Morgan fingerprint density at radius 1 is 1.09 bits per heavy atom. The summed E-state index contributed by atoms with van der Waals surface area (Å²) >= 11 is 5.93. The molecule has 3 N–H and O–H groups in total. The van der Waals surface area contributed by atoms with Crippen molar-refractivity contribution >= 4 is 33.8 Å². The molecule has 2 aromatic heterocycles. The van der Waals surface area contributed by atoms with Gasteiger partial charge in [0.1, 0.15) is 5.56 Å². The van der Waals surface area contributed by atoms with E-state index in [0.717, 1.165) is 47.4 Å². The van der Waals surface area contributed by atoms with Crippen molar-refractivity contribution in [3.63, 3.8) is 0 Å². The van der Waals surface area contributed by atoms with Crippen molar-refractivity contribution in [3.8, 4) is 0 Å². The Labute approximate surface area is 196 Å². The third kappa shape index (κ3) is 4.32. The van der Waals surface area contributed by atoms with Crippen LogP contribution in [0.2, 0.25) is 5.02 Å². The highest BCUT2D eigenvalue weighted by Gasteiger charge is 2.20. The minimum atomic E-state index is -0.413. The zero-order valence-electron chi connectivity index (χ0n) is 18.1. The van der Waals surface area contributed by atoms with Gasteiger partial charge in [0.15, 0.2) is 0 Å². The molecular formula is C25H25ClN4O3. The molecule has 1 saturated heterocycles. The average molecular weight is 465 g/mol. The lowest BCUT2D eigenvalue weighted by molar-refractivity contribution is 0.0342. The molecule has 1 fully saturated rings. The van der Waals surface area contributed by atoms with Crippen LogP contribution in [0.15, 0.2) is 53.5 Å². The molecule has 3 heterocycles. The highest BCUT2D eigenvalue weighted by atomic mass is 35.5. The van der Waals surface area contributed by atoms with Crippen LogP contribution < -0.4 is 16.5 Å². The number of rotatable bonds is 6. The summed E-state index contributed by atoms with van der Waals surface area (Å²) in [6.45, 7) is 4.46. The summed E-state index contributed by atoms with van der Waals surface area (Å²) < 4.78 is 7.32. The van der Waals surface area contributed by atoms with E-state index in [1.54, 1.807) is 18.3 Å². The fourth-order valence-electron chi connectivity index (χ4n) is 4.45. The lowest BCUT2D eigenvalue weighted by atomic mass is 10.0. The van der Waals surface area contributed by atoms with Crippen LogP contribution >= 0.6 is 11.6 Å². The molecule has 0 radical (unpaired) electrons. The number of nitrogens with two attached hydrogens (primary N) is 1. The molecule has 1 aliphatic heterocycles. The summed E-state index contributed by atoms with van der Waals surface area (Å²) in [5.41, 5.74) is 9.41. The van der Waals surface area contributed by atoms with Crippen LogP contribution in [0.3, 0.4) is 0 Å². The van der Waals surface area contributed by atoms with E-state index in [4.69, 9.17) is 22.1 Å². The molecule has 33 heavy (non-hydrogen) atoms. The second kappa shape index (κ2) is 9.11. The van der Waals surface area contributed by atoms with Crippen molar-refractivity contribution in [2.45, 2.75) is 19.6 Å². The number of carbonyl (C=O) groups excluding carboxylic acids is 1. The maximum atomic E-state index is 13.4. The van der Waals surface area contributed by atoms with Crippen LogP contribution in [0.4, 0.5) is 0 Å². The summed E-state index contributed by atoms with van der Waals surface area (Å²) in [6, 6.07) is 13.2. The van der Waals surface area contributed by atoms with Crippen LogP contribution in [0.25, 0.3) is 16.3 Å². The Morgan fingerprint density at radius 2 is 1.85 bits per heavy atom. The monoisotopic (exact) mass is 464 g/mol. The summed E-state index contributed by atoms with van der Waals surface area (Å²) in [7, 11) is 0. The molecule has 1 amide bonds. The van der Waals surface area contributed by atoms with Crippen LogP contribution in [0.5, 0.6) is 0 Å². The lowest BCUT2D eigenvalue weighted by Crippen LogP contribution is -2.35. The third-order valence-electron chi connectivity index (χ3n) is 6.15. The molecule has 2 aromatic carbocycles. The number of pyridine rings is 1. The Kier molecular flexibility index (Phi) is 6.03. The van der Waals surface area contributed by atoms with Crippen molar-refractivity contribution < 1.29 is 9.53 Å². The number of benzene rings is 2. The molecule has 0 bridgehead atoms. The van der Waals surface area contributed by atoms with Gasteiger partial charge >= 0.3 is 0 Å². The number of nitrogens with zero attached hydrogens (tertiary/aromatic N) is 2.